The smallest absolute Gasteiger partial charge is 0.200 e. The van der Waals surface area contributed by atoms with Crippen LogP contribution < -0.4 is 5.32 Å². The van der Waals surface area contributed by atoms with E-state index in [1.807, 2.05) is 19.9 Å². The number of hydrogen-bond acceptors (Lipinski definition) is 6. The van der Waals surface area contributed by atoms with Gasteiger partial charge in [0.25, 0.3) is 0 Å². The van der Waals surface area contributed by atoms with Gasteiger partial charge in [-0.15, -0.1) is 0 Å². The number of ether oxygens (including phenoxy) is 1. The number of pyridine rings is 1. The van der Waals surface area contributed by atoms with Gasteiger partial charge in [-0.1, -0.05) is 44.0 Å². The fourth-order valence-corrected chi connectivity index (χ4v) is 6.39. The van der Waals surface area contributed by atoms with Gasteiger partial charge in [-0.25, -0.2) is 13.4 Å². The number of sulfone groups is 1. The molecule has 4 atom stereocenters. The molecule has 36 heavy (non-hydrogen) atoms. The van der Waals surface area contributed by atoms with Gasteiger partial charge >= 0.3 is 0 Å². The SMILES string of the molecule is CCc1cc2c(nc1Cl)CC(C1CCCC1OC)C(C)C(=O)C(=NCc1ccc(S(C)(=O)=O)cc1)N2. The molecule has 0 radical (unpaired) electrons. The van der Waals surface area contributed by atoms with Crippen LogP contribution in [-0.2, 0) is 38.8 Å². The van der Waals surface area contributed by atoms with Crippen LogP contribution in [0.5, 0.6) is 0 Å². The summed E-state index contributed by atoms with van der Waals surface area (Å²) in [5.41, 5.74) is 3.33. The number of benzene rings is 1. The molecule has 1 aromatic heterocycles. The largest absolute Gasteiger partial charge is 0.381 e. The van der Waals surface area contributed by atoms with Crippen LogP contribution in [0.2, 0.25) is 5.15 Å². The molecule has 4 unspecified atom stereocenters. The minimum atomic E-state index is -3.27. The van der Waals surface area contributed by atoms with Gasteiger partial charge in [0.1, 0.15) is 5.15 Å². The Morgan fingerprint density at radius 3 is 2.56 bits per heavy atom. The van der Waals surface area contributed by atoms with Crippen LogP contribution in [0.3, 0.4) is 0 Å². The minimum absolute atomic E-state index is 0.0341. The molecule has 0 spiro atoms. The highest BCUT2D eigenvalue weighted by Crippen LogP contribution is 2.41. The van der Waals surface area contributed by atoms with Crippen molar-refractivity contribution in [3.8, 4) is 0 Å². The van der Waals surface area contributed by atoms with Crippen molar-refractivity contribution < 1.29 is 17.9 Å². The summed E-state index contributed by atoms with van der Waals surface area (Å²) in [5, 5.41) is 3.77. The number of hydrogen-bond donors (Lipinski definition) is 1. The van der Waals surface area contributed by atoms with Crippen LogP contribution in [0, 0.1) is 17.8 Å². The molecular formula is C27H34ClN3O4S. The molecule has 7 nitrogen and oxygen atoms in total. The van der Waals surface area contributed by atoms with Gasteiger partial charge in [0, 0.05) is 19.3 Å². The number of nitrogens with one attached hydrogen (secondary N) is 1. The van der Waals surface area contributed by atoms with E-state index in [1.54, 1.807) is 31.4 Å². The Morgan fingerprint density at radius 2 is 1.92 bits per heavy atom. The number of fused-ring (bicyclic) bond motifs is 1. The van der Waals surface area contributed by atoms with Crippen molar-refractivity contribution in [2.75, 3.05) is 18.7 Å². The quantitative estimate of drug-likeness (QED) is 0.532. The summed E-state index contributed by atoms with van der Waals surface area (Å²) in [7, 11) is -1.53. The van der Waals surface area contributed by atoms with E-state index in [0.717, 1.165) is 48.2 Å². The Balaban J connectivity index is 1.71. The number of rotatable bonds is 6. The lowest BCUT2D eigenvalue weighted by molar-refractivity contribution is -0.118. The lowest BCUT2D eigenvalue weighted by atomic mass is 9.74. The zero-order valence-corrected chi connectivity index (χ0v) is 22.8. The van der Waals surface area contributed by atoms with Crippen molar-refractivity contribution in [3.05, 3.63) is 52.3 Å². The molecule has 1 aromatic carbocycles. The second-order valence-corrected chi connectivity index (χ2v) is 12.3. The first kappa shape index (κ1) is 26.8. The number of carbonyl (C=O) groups is 1. The van der Waals surface area contributed by atoms with Gasteiger partial charge in [-0.3, -0.25) is 9.79 Å². The van der Waals surface area contributed by atoms with Crippen molar-refractivity contribution >= 4 is 38.7 Å². The Morgan fingerprint density at radius 1 is 1.19 bits per heavy atom. The molecule has 1 saturated carbocycles. The molecule has 0 saturated heterocycles. The number of anilines is 1. The van der Waals surface area contributed by atoms with Crippen LogP contribution in [0.1, 0.15) is 49.9 Å². The molecule has 1 aliphatic carbocycles. The van der Waals surface area contributed by atoms with Crippen molar-refractivity contribution in [2.45, 2.75) is 63.5 Å². The highest BCUT2D eigenvalue weighted by atomic mass is 35.5. The number of amidine groups is 1. The summed E-state index contributed by atoms with van der Waals surface area (Å²) in [4.78, 5) is 23.4. The van der Waals surface area contributed by atoms with Crippen LogP contribution >= 0.6 is 11.6 Å². The maximum atomic E-state index is 13.7. The summed E-state index contributed by atoms with van der Waals surface area (Å²) >= 11 is 6.50. The van der Waals surface area contributed by atoms with Gasteiger partial charge in [0.05, 0.1) is 28.9 Å². The molecule has 194 valence electrons. The van der Waals surface area contributed by atoms with E-state index in [0.29, 0.717) is 17.4 Å². The van der Waals surface area contributed by atoms with Crippen molar-refractivity contribution in [3.63, 3.8) is 0 Å². The second kappa shape index (κ2) is 11.0. The molecule has 4 rings (SSSR count). The average Bonchev–Trinajstić information content (AvgIpc) is 3.32. The molecule has 2 heterocycles. The highest BCUT2D eigenvalue weighted by molar-refractivity contribution is 7.90. The first-order valence-electron chi connectivity index (χ1n) is 12.5. The summed E-state index contributed by atoms with van der Waals surface area (Å²) in [6.45, 7) is 4.24. The summed E-state index contributed by atoms with van der Waals surface area (Å²) < 4.78 is 29.3. The lowest BCUT2D eigenvalue weighted by Gasteiger charge is -2.34. The normalized spacial score (nSPS) is 25.8. The predicted molar refractivity (Wildman–Crippen MR) is 142 cm³/mol. The number of methoxy groups -OCH3 is 1. The van der Waals surface area contributed by atoms with Crippen LogP contribution in [0.4, 0.5) is 5.69 Å². The standard InChI is InChI=1S/C27H34ClN3O4S/c1-5-18-13-22-23(30-26(18)28)14-21(20-7-6-8-24(20)35-3)16(2)25(32)27(31-22)29-15-17-9-11-19(12-10-17)36(4,33)34/h9-13,16,20-21,24H,5-8,14-15H2,1-4H3,(H,29,31). The van der Waals surface area contributed by atoms with Gasteiger partial charge < -0.3 is 10.1 Å². The summed E-state index contributed by atoms with van der Waals surface area (Å²) in [5.74, 6) is 0.299. The summed E-state index contributed by atoms with van der Waals surface area (Å²) in [6.07, 6.45) is 5.77. The van der Waals surface area contributed by atoms with Crippen LogP contribution in [0.15, 0.2) is 40.2 Å². The number of carbonyl (C=O) groups excluding carboxylic acids is 1. The third-order valence-electron chi connectivity index (χ3n) is 7.61. The monoisotopic (exact) mass is 531 g/mol. The Hall–Kier alpha value is -2.29. The van der Waals surface area contributed by atoms with Crippen molar-refractivity contribution in [2.24, 2.45) is 22.7 Å². The number of Topliss-reactive ketones (excluding diaryl/α,β-unsaturated/α-hetero) is 1. The van der Waals surface area contributed by atoms with E-state index in [2.05, 4.69) is 10.3 Å². The molecule has 1 N–H and O–H groups in total. The average molecular weight is 532 g/mol. The molecule has 0 bridgehead atoms. The van der Waals surface area contributed by atoms with Crippen molar-refractivity contribution in [1.82, 2.24) is 4.98 Å². The first-order chi connectivity index (χ1) is 17.1. The molecule has 2 aliphatic rings. The van der Waals surface area contributed by atoms with Gasteiger partial charge in [0.2, 0.25) is 5.78 Å². The topological polar surface area (TPSA) is 97.7 Å². The van der Waals surface area contributed by atoms with Gasteiger partial charge in [-0.05, 0) is 66.8 Å². The maximum absolute atomic E-state index is 13.7. The number of aliphatic imine (C=N–C) groups is 1. The summed E-state index contributed by atoms with van der Waals surface area (Å²) in [6, 6.07) is 8.57. The zero-order chi connectivity index (χ0) is 26.0. The van der Waals surface area contributed by atoms with Crippen molar-refractivity contribution in [1.29, 1.82) is 0 Å². The third kappa shape index (κ3) is 5.66. The Bertz CT molecular complexity index is 1260. The van der Waals surface area contributed by atoms with Crippen LogP contribution in [-0.4, -0.2) is 44.5 Å². The van der Waals surface area contributed by atoms with E-state index in [1.165, 1.54) is 6.26 Å². The van der Waals surface area contributed by atoms with Gasteiger partial charge in [-0.2, -0.15) is 0 Å². The molecule has 0 amide bonds. The lowest BCUT2D eigenvalue weighted by Crippen LogP contribution is -2.41. The number of aryl methyl sites for hydroxylation is 1. The molecule has 1 aliphatic heterocycles. The predicted octanol–water partition coefficient (Wildman–Crippen LogP) is 4.90. The van der Waals surface area contributed by atoms with E-state index in [4.69, 9.17) is 21.3 Å². The second-order valence-electron chi connectivity index (χ2n) is 9.88. The number of halogens is 1. The molecule has 1 fully saturated rings. The van der Waals surface area contributed by atoms with Gasteiger partial charge in [0.15, 0.2) is 15.7 Å². The fraction of sp³-hybridized carbons (Fsp3) is 0.519. The van der Waals surface area contributed by atoms with E-state index >= 15 is 0 Å². The number of aromatic nitrogens is 1. The van der Waals surface area contributed by atoms with E-state index in [9.17, 15) is 13.2 Å². The molecule has 9 heteroatoms. The first-order valence-corrected chi connectivity index (χ1v) is 14.7. The minimum Gasteiger partial charge on any atom is -0.381 e. The number of nitrogens with zero attached hydrogens (tertiary/aromatic N) is 2. The van der Waals surface area contributed by atoms with E-state index in [-0.39, 0.29) is 41.1 Å². The molecular weight excluding hydrogens is 498 g/mol. The van der Waals surface area contributed by atoms with E-state index < -0.39 is 9.84 Å². The maximum Gasteiger partial charge on any atom is 0.200 e. The Kier molecular flexibility index (Phi) is 8.17. The fourth-order valence-electron chi connectivity index (χ4n) is 5.47. The molecule has 2 aromatic rings. The number of ketones is 1. The zero-order valence-electron chi connectivity index (χ0n) is 21.3. The van der Waals surface area contributed by atoms with Crippen LogP contribution in [0.25, 0.3) is 0 Å². The Labute approximate surface area is 218 Å². The third-order valence-corrected chi connectivity index (χ3v) is 9.06. The highest BCUT2D eigenvalue weighted by Gasteiger charge is 2.41.